The molecule has 7 nitrogen and oxygen atoms in total. The average molecular weight is 535 g/mol. The first-order valence-corrected chi connectivity index (χ1v) is 13.5. The van der Waals surface area contributed by atoms with Crippen LogP contribution in [0.15, 0.2) is 66.9 Å². The van der Waals surface area contributed by atoms with Gasteiger partial charge in [0.05, 0.1) is 10.6 Å². The van der Waals surface area contributed by atoms with Crippen molar-refractivity contribution in [2.24, 2.45) is 0 Å². The summed E-state index contributed by atoms with van der Waals surface area (Å²) in [6.45, 7) is 4.27. The van der Waals surface area contributed by atoms with Crippen molar-refractivity contribution < 1.29 is 4.79 Å². The number of amides is 1. The second-order valence-electron chi connectivity index (χ2n) is 9.52. The molecule has 2 aliphatic heterocycles. The van der Waals surface area contributed by atoms with Crippen LogP contribution in [0.5, 0.6) is 0 Å². The molecule has 2 aromatic carbocycles. The quantitative estimate of drug-likeness (QED) is 0.329. The lowest BCUT2D eigenvalue weighted by Crippen LogP contribution is -2.50. The van der Waals surface area contributed by atoms with Crippen molar-refractivity contribution in [3.8, 4) is 10.6 Å². The van der Waals surface area contributed by atoms with Crippen molar-refractivity contribution in [1.82, 2.24) is 25.3 Å². The van der Waals surface area contributed by atoms with Crippen LogP contribution in [-0.4, -0.2) is 58.0 Å². The van der Waals surface area contributed by atoms with Gasteiger partial charge in [0, 0.05) is 41.3 Å². The first-order chi connectivity index (χ1) is 17.7. The Bertz CT molecular complexity index is 1310. The predicted molar refractivity (Wildman–Crippen MR) is 153 cm³/mol. The van der Waals surface area contributed by atoms with Gasteiger partial charge >= 0.3 is 0 Å². The minimum Gasteiger partial charge on any atom is -0.324 e. The largest absolute Gasteiger partial charge is 0.324 e. The molecule has 2 aliphatic rings. The summed E-state index contributed by atoms with van der Waals surface area (Å²) >= 11 is 1.72. The highest BCUT2D eigenvalue weighted by Crippen LogP contribution is 2.32. The van der Waals surface area contributed by atoms with E-state index >= 15 is 0 Å². The second-order valence-corrected chi connectivity index (χ2v) is 10.6. The molecule has 0 saturated carbocycles. The zero-order valence-corrected chi connectivity index (χ0v) is 22.2. The number of aromatic nitrogens is 2. The van der Waals surface area contributed by atoms with Crippen LogP contribution in [0.1, 0.15) is 36.0 Å². The molecule has 6 rings (SSSR count). The molecule has 4 heterocycles. The monoisotopic (exact) mass is 534 g/mol. The molecule has 2 saturated heterocycles. The number of nitrogens with one attached hydrogen (secondary N) is 2. The summed E-state index contributed by atoms with van der Waals surface area (Å²) in [6, 6.07) is 20.6. The fourth-order valence-electron chi connectivity index (χ4n) is 5.16. The number of piperidine rings is 1. The van der Waals surface area contributed by atoms with E-state index in [9.17, 15) is 4.79 Å². The summed E-state index contributed by atoms with van der Waals surface area (Å²) in [4.78, 5) is 25.6. The van der Waals surface area contributed by atoms with Crippen molar-refractivity contribution in [2.75, 3.05) is 31.5 Å². The normalized spacial score (nSPS) is 17.0. The molecule has 192 valence electrons. The van der Waals surface area contributed by atoms with Gasteiger partial charge in [-0.2, -0.15) is 0 Å². The van der Waals surface area contributed by atoms with Crippen LogP contribution in [0.25, 0.3) is 20.7 Å². The third-order valence-electron chi connectivity index (χ3n) is 7.12. The Hall–Kier alpha value is -3.04. The van der Waals surface area contributed by atoms with E-state index in [2.05, 4.69) is 49.9 Å². The van der Waals surface area contributed by atoms with Gasteiger partial charge in [-0.3, -0.25) is 10.2 Å². The van der Waals surface area contributed by atoms with Crippen LogP contribution in [-0.2, 0) is 0 Å². The summed E-state index contributed by atoms with van der Waals surface area (Å²) in [7, 11) is 0. The Morgan fingerprint density at radius 3 is 2.46 bits per heavy atom. The number of rotatable bonds is 6. The fraction of sp³-hybridized carbons (Fsp3) is 0.321. The summed E-state index contributed by atoms with van der Waals surface area (Å²) in [6.07, 6.45) is 6.65. The van der Waals surface area contributed by atoms with Crippen LogP contribution >= 0.6 is 23.7 Å². The molecular weight excluding hydrogens is 504 g/mol. The van der Waals surface area contributed by atoms with Crippen molar-refractivity contribution in [2.45, 2.75) is 31.7 Å². The molecule has 37 heavy (non-hydrogen) atoms. The maximum Gasteiger partial charge on any atom is 0.265 e. The minimum atomic E-state index is -0.0656. The summed E-state index contributed by atoms with van der Waals surface area (Å²) < 4.78 is 1.24. The lowest BCUT2D eigenvalue weighted by molar-refractivity contribution is 0.0630. The second kappa shape index (κ2) is 11.6. The first-order valence-electron chi connectivity index (χ1n) is 12.7. The Labute approximate surface area is 227 Å². The number of thiophene rings is 1. The van der Waals surface area contributed by atoms with Crippen molar-refractivity contribution in [1.29, 1.82) is 0 Å². The van der Waals surface area contributed by atoms with Gasteiger partial charge in [-0.15, -0.1) is 23.7 Å². The number of likely N-dealkylation sites (tertiary alicyclic amines) is 1. The van der Waals surface area contributed by atoms with E-state index in [0.29, 0.717) is 17.6 Å². The van der Waals surface area contributed by atoms with Gasteiger partial charge in [0.15, 0.2) is 0 Å². The molecule has 0 radical (unpaired) electrons. The van der Waals surface area contributed by atoms with Gasteiger partial charge < -0.3 is 10.2 Å². The van der Waals surface area contributed by atoms with Gasteiger partial charge in [-0.25, -0.2) is 15.0 Å². The van der Waals surface area contributed by atoms with E-state index < -0.39 is 0 Å². The number of anilines is 2. The number of nitrogens with zero attached hydrogens (tertiary/aromatic N) is 4. The molecular formula is C28H31ClN6OS. The minimum absolute atomic E-state index is 0. The number of fused-ring (bicyclic) bond motifs is 1. The smallest absolute Gasteiger partial charge is 0.265 e. The van der Waals surface area contributed by atoms with Crippen LogP contribution in [0.2, 0.25) is 0 Å². The van der Waals surface area contributed by atoms with Crippen molar-refractivity contribution in [3.63, 3.8) is 0 Å². The number of hydrogen-bond acceptors (Lipinski definition) is 7. The first kappa shape index (κ1) is 25.6. The highest BCUT2D eigenvalue weighted by atomic mass is 35.5. The van der Waals surface area contributed by atoms with Gasteiger partial charge in [0.1, 0.15) is 0 Å². The van der Waals surface area contributed by atoms with Gasteiger partial charge in [0.2, 0.25) is 5.95 Å². The number of hydrazine groups is 1. The molecule has 0 bridgehead atoms. The van der Waals surface area contributed by atoms with Crippen LogP contribution in [0.3, 0.4) is 0 Å². The van der Waals surface area contributed by atoms with E-state index in [-0.39, 0.29) is 18.3 Å². The number of carbonyl (C=O) groups excluding carboxylic acids is 1. The van der Waals surface area contributed by atoms with E-state index in [0.717, 1.165) is 42.2 Å². The Morgan fingerprint density at radius 2 is 1.70 bits per heavy atom. The average Bonchev–Trinajstić information content (AvgIpc) is 3.60. The summed E-state index contributed by atoms with van der Waals surface area (Å²) in [5, 5.41) is 6.54. The maximum atomic E-state index is 12.8. The molecule has 2 N–H and O–H groups in total. The highest BCUT2D eigenvalue weighted by Gasteiger charge is 2.27. The lowest BCUT2D eigenvalue weighted by Gasteiger charge is -2.36. The molecule has 9 heteroatoms. The molecule has 1 amide bonds. The molecule has 0 spiro atoms. The van der Waals surface area contributed by atoms with E-state index in [4.69, 9.17) is 4.98 Å². The van der Waals surface area contributed by atoms with Crippen LogP contribution in [0.4, 0.5) is 11.6 Å². The Kier molecular flexibility index (Phi) is 8.00. The van der Waals surface area contributed by atoms with Gasteiger partial charge in [-0.1, -0.05) is 18.2 Å². The SMILES string of the molecule is Cl.O=C(NN1CCC(N2CCCC2)CC1)c1ccc(Nc2nccc(-c3cc4ccccc4s3)n2)cc1. The summed E-state index contributed by atoms with van der Waals surface area (Å²) in [5.41, 5.74) is 5.45. The predicted octanol–water partition coefficient (Wildman–Crippen LogP) is 5.73. The Balaban J connectivity index is 0.00000280. The van der Waals surface area contributed by atoms with Crippen molar-refractivity contribution in [3.05, 3.63) is 72.4 Å². The molecule has 4 aromatic rings. The van der Waals surface area contributed by atoms with Crippen LogP contribution in [0, 0.1) is 0 Å². The highest BCUT2D eigenvalue weighted by molar-refractivity contribution is 7.22. The summed E-state index contributed by atoms with van der Waals surface area (Å²) in [5.74, 6) is 0.465. The lowest BCUT2D eigenvalue weighted by atomic mass is 10.0. The maximum absolute atomic E-state index is 12.8. The molecule has 2 fully saturated rings. The number of hydrogen-bond donors (Lipinski definition) is 2. The Morgan fingerprint density at radius 1 is 0.946 bits per heavy atom. The van der Waals surface area contributed by atoms with Crippen LogP contribution < -0.4 is 10.7 Å². The zero-order chi connectivity index (χ0) is 24.3. The third-order valence-corrected chi connectivity index (χ3v) is 8.26. The third kappa shape index (κ3) is 5.93. The molecule has 0 atom stereocenters. The topological polar surface area (TPSA) is 73.4 Å². The number of halogens is 1. The van der Waals surface area contributed by atoms with Gasteiger partial charge in [0.25, 0.3) is 5.91 Å². The number of carbonyl (C=O) groups is 1. The standard InChI is InChI=1S/C28H30N6OS.ClH/c35-27(32-34-17-12-23(13-18-34)33-15-3-4-16-33)20-7-9-22(10-8-20)30-28-29-14-11-24(31-28)26-19-21-5-1-2-6-25(21)36-26;/h1-2,5-11,14,19,23H,3-4,12-13,15-18H2,(H,32,35)(H,29,30,31);1H. The number of benzene rings is 2. The van der Waals surface area contributed by atoms with Crippen molar-refractivity contribution >= 4 is 51.4 Å². The molecule has 0 aliphatic carbocycles. The van der Waals surface area contributed by atoms with E-state index in [1.54, 1.807) is 17.5 Å². The molecule has 2 aromatic heterocycles. The fourth-order valence-corrected chi connectivity index (χ4v) is 6.19. The van der Waals surface area contributed by atoms with E-state index in [1.807, 2.05) is 36.4 Å². The van der Waals surface area contributed by atoms with Gasteiger partial charge in [-0.05, 0) is 86.6 Å². The van der Waals surface area contributed by atoms with E-state index in [1.165, 1.54) is 36.0 Å². The molecule has 0 unspecified atom stereocenters. The zero-order valence-electron chi connectivity index (χ0n) is 20.6.